The van der Waals surface area contributed by atoms with Crippen molar-refractivity contribution >= 4 is 33.3 Å². The lowest BCUT2D eigenvalue weighted by Gasteiger charge is -2.32. The summed E-state index contributed by atoms with van der Waals surface area (Å²) >= 11 is 1.02. The second kappa shape index (κ2) is 11.0. The molecule has 0 spiro atoms. The summed E-state index contributed by atoms with van der Waals surface area (Å²) < 4.78 is 66.0. The minimum Gasteiger partial charge on any atom is -0.490 e. The number of fused-ring (bicyclic) bond motifs is 3. The van der Waals surface area contributed by atoms with Crippen LogP contribution in [0.4, 0.5) is 23.5 Å². The molecule has 0 bridgehead atoms. The number of nitrogen functional groups attached to an aromatic ring is 1. The van der Waals surface area contributed by atoms with Gasteiger partial charge in [-0.3, -0.25) is 9.36 Å². The van der Waals surface area contributed by atoms with Crippen LogP contribution in [0.3, 0.4) is 0 Å². The molecule has 0 radical (unpaired) electrons. The van der Waals surface area contributed by atoms with Crippen LogP contribution >= 0.6 is 11.3 Å². The van der Waals surface area contributed by atoms with E-state index >= 15 is 0 Å². The molecule has 222 valence electrons. The average molecular weight is 608 g/mol. The summed E-state index contributed by atoms with van der Waals surface area (Å²) in [5.41, 5.74) is 7.45. The van der Waals surface area contributed by atoms with Crippen molar-refractivity contribution in [1.29, 1.82) is 0 Å². The number of hydrogen-bond acceptors (Lipinski definition) is 10. The number of anilines is 1. The molecule has 1 atom stereocenters. The van der Waals surface area contributed by atoms with E-state index in [1.54, 1.807) is 16.7 Å². The molecule has 4 aromatic heterocycles. The number of benzene rings is 1. The van der Waals surface area contributed by atoms with Crippen molar-refractivity contribution in [2.75, 3.05) is 32.0 Å². The predicted octanol–water partition coefficient (Wildman–Crippen LogP) is 3.66. The summed E-state index contributed by atoms with van der Waals surface area (Å²) in [5, 5.41) is 13.4. The maximum Gasteiger partial charge on any atom is 0.417 e. The van der Waals surface area contributed by atoms with E-state index in [1.165, 1.54) is 22.9 Å². The SMILES string of the molecule is Nc1nc2c(sc(=O)n2CCN2CCC(c3ccc(OCC(O)C(F)(F)F)cc3F)CC2)c2nc(-c3ccco3)nn12. The fraction of sp³-hybridized carbons (Fsp3) is 0.385. The van der Waals surface area contributed by atoms with E-state index < -0.39 is 24.7 Å². The van der Waals surface area contributed by atoms with Crippen LogP contribution in [0.15, 0.2) is 45.8 Å². The highest BCUT2D eigenvalue weighted by Gasteiger charge is 2.38. The Morgan fingerprint density at radius 3 is 2.64 bits per heavy atom. The summed E-state index contributed by atoms with van der Waals surface area (Å²) in [4.78, 5) is 23.8. The number of piperidine rings is 1. The number of nitrogens with two attached hydrogens (primary N) is 1. The molecule has 1 fully saturated rings. The average Bonchev–Trinajstić information content (AvgIpc) is 3.70. The summed E-state index contributed by atoms with van der Waals surface area (Å²) in [6.45, 7) is 1.24. The molecular weight excluding hydrogens is 582 g/mol. The third kappa shape index (κ3) is 5.44. The summed E-state index contributed by atoms with van der Waals surface area (Å²) in [6.07, 6.45) is -4.63. The lowest BCUT2D eigenvalue weighted by atomic mass is 9.89. The van der Waals surface area contributed by atoms with Crippen molar-refractivity contribution in [3.63, 3.8) is 0 Å². The fourth-order valence-electron chi connectivity index (χ4n) is 5.04. The maximum absolute atomic E-state index is 14.8. The third-order valence-electron chi connectivity index (χ3n) is 7.28. The topological polar surface area (TPSA) is 137 Å². The number of thiazole rings is 1. The molecule has 6 rings (SSSR count). The Bertz CT molecular complexity index is 1780. The van der Waals surface area contributed by atoms with Gasteiger partial charge in [-0.1, -0.05) is 17.4 Å². The van der Waals surface area contributed by atoms with Crippen molar-refractivity contribution in [3.05, 3.63) is 57.6 Å². The summed E-state index contributed by atoms with van der Waals surface area (Å²) in [6, 6.07) is 7.40. The van der Waals surface area contributed by atoms with Crippen LogP contribution in [-0.2, 0) is 6.54 Å². The number of rotatable bonds is 8. The molecule has 0 amide bonds. The molecule has 0 saturated carbocycles. The first-order valence-corrected chi connectivity index (χ1v) is 13.9. The van der Waals surface area contributed by atoms with Gasteiger partial charge >= 0.3 is 11.0 Å². The molecule has 5 heterocycles. The normalized spacial score (nSPS) is 16.0. The number of alkyl halides is 3. The van der Waals surface area contributed by atoms with Gasteiger partial charge in [0.15, 0.2) is 23.2 Å². The summed E-state index contributed by atoms with van der Waals surface area (Å²) in [5.74, 6) is 0.154. The molecule has 16 heteroatoms. The number of furan rings is 1. The van der Waals surface area contributed by atoms with Crippen LogP contribution in [0, 0.1) is 5.82 Å². The van der Waals surface area contributed by atoms with E-state index in [4.69, 9.17) is 20.0 Å². The highest BCUT2D eigenvalue weighted by atomic mass is 32.1. The van der Waals surface area contributed by atoms with Gasteiger partial charge in [0, 0.05) is 19.2 Å². The van der Waals surface area contributed by atoms with E-state index in [1.807, 2.05) is 0 Å². The Labute approximate surface area is 238 Å². The Morgan fingerprint density at radius 2 is 1.95 bits per heavy atom. The molecule has 0 aliphatic carbocycles. The zero-order valence-electron chi connectivity index (χ0n) is 21.9. The molecule has 3 N–H and O–H groups in total. The highest BCUT2D eigenvalue weighted by Crippen LogP contribution is 2.32. The van der Waals surface area contributed by atoms with Crippen LogP contribution < -0.4 is 15.3 Å². The Balaban J connectivity index is 1.09. The van der Waals surface area contributed by atoms with E-state index in [9.17, 15) is 22.4 Å². The van der Waals surface area contributed by atoms with Gasteiger partial charge in [0.1, 0.15) is 22.9 Å². The molecule has 1 saturated heterocycles. The minimum absolute atomic E-state index is 0.0770. The molecule has 1 aromatic carbocycles. The van der Waals surface area contributed by atoms with Gasteiger partial charge in [0.25, 0.3) is 0 Å². The number of aromatic nitrogens is 5. The molecule has 42 heavy (non-hydrogen) atoms. The number of aliphatic hydroxyl groups excluding tert-OH is 1. The van der Waals surface area contributed by atoms with Gasteiger partial charge in [-0.05, 0) is 55.6 Å². The van der Waals surface area contributed by atoms with Crippen molar-refractivity contribution in [1.82, 2.24) is 29.0 Å². The smallest absolute Gasteiger partial charge is 0.417 e. The number of ether oxygens (including phenoxy) is 1. The van der Waals surface area contributed by atoms with Crippen molar-refractivity contribution < 1.29 is 31.8 Å². The first-order chi connectivity index (χ1) is 20.1. The Kier molecular flexibility index (Phi) is 7.36. The third-order valence-corrected chi connectivity index (χ3v) is 8.25. The van der Waals surface area contributed by atoms with Gasteiger partial charge in [0.2, 0.25) is 11.8 Å². The van der Waals surface area contributed by atoms with Gasteiger partial charge in [-0.15, -0.1) is 5.10 Å². The summed E-state index contributed by atoms with van der Waals surface area (Å²) in [7, 11) is 0. The van der Waals surface area contributed by atoms with Crippen molar-refractivity contribution in [2.45, 2.75) is 37.6 Å². The molecule has 5 aromatic rings. The second-order valence-electron chi connectivity index (χ2n) is 9.96. The van der Waals surface area contributed by atoms with E-state index in [0.717, 1.165) is 17.4 Å². The van der Waals surface area contributed by atoms with Crippen LogP contribution in [0.1, 0.15) is 24.3 Å². The Morgan fingerprint density at radius 1 is 1.17 bits per heavy atom. The van der Waals surface area contributed by atoms with Crippen LogP contribution in [-0.4, -0.2) is 72.7 Å². The standard InChI is InChI=1S/C26H25F4N7O4S/c27-17-12-15(41-13-19(38)26(28,29)30)3-4-16(17)14-5-7-35(8-6-14)9-10-36-22-20(42-25(36)39)23-32-21(18-2-1-11-40-18)34-37(23)24(31)33-22/h1-4,11-12,14,19,38H,5-10,13H2,(H2,31,33). The van der Waals surface area contributed by atoms with Crippen LogP contribution in [0.25, 0.3) is 27.6 Å². The first-order valence-electron chi connectivity index (χ1n) is 13.1. The quantitative estimate of drug-likeness (QED) is 0.253. The number of nitrogens with zero attached hydrogens (tertiary/aromatic N) is 6. The maximum atomic E-state index is 14.8. The zero-order chi connectivity index (χ0) is 29.6. The highest BCUT2D eigenvalue weighted by molar-refractivity contribution is 7.17. The first kappa shape index (κ1) is 28.1. The number of aliphatic hydroxyl groups is 1. The van der Waals surface area contributed by atoms with Gasteiger partial charge in [-0.25, -0.2) is 9.37 Å². The van der Waals surface area contributed by atoms with Crippen LogP contribution in [0.2, 0.25) is 0 Å². The number of halogens is 4. The van der Waals surface area contributed by atoms with Crippen molar-refractivity contribution in [2.24, 2.45) is 0 Å². The number of likely N-dealkylation sites (tertiary alicyclic amines) is 1. The van der Waals surface area contributed by atoms with E-state index in [2.05, 4.69) is 20.0 Å². The largest absolute Gasteiger partial charge is 0.490 e. The molecule has 1 unspecified atom stereocenters. The van der Waals surface area contributed by atoms with Gasteiger partial charge in [0.05, 0.1) is 6.26 Å². The molecule has 1 aliphatic rings. The molecule has 1 aliphatic heterocycles. The van der Waals surface area contributed by atoms with E-state index in [-0.39, 0.29) is 22.5 Å². The lowest BCUT2D eigenvalue weighted by Crippen LogP contribution is -2.36. The fourth-order valence-corrected chi connectivity index (χ4v) is 5.98. The molecular formula is C26H25F4N7O4S. The van der Waals surface area contributed by atoms with E-state index in [0.29, 0.717) is 72.2 Å². The second-order valence-corrected chi connectivity index (χ2v) is 10.9. The van der Waals surface area contributed by atoms with Gasteiger partial charge < -0.3 is 24.9 Å². The van der Waals surface area contributed by atoms with Gasteiger partial charge in [-0.2, -0.15) is 22.7 Å². The minimum atomic E-state index is -4.81. The number of hydrogen-bond donors (Lipinski definition) is 2. The van der Waals surface area contributed by atoms with Crippen LogP contribution in [0.5, 0.6) is 5.75 Å². The predicted molar refractivity (Wildman–Crippen MR) is 145 cm³/mol. The monoisotopic (exact) mass is 607 g/mol. The Hall–Kier alpha value is -4.02. The lowest BCUT2D eigenvalue weighted by molar-refractivity contribution is -0.210. The zero-order valence-corrected chi connectivity index (χ0v) is 22.7. The molecule has 11 nitrogen and oxygen atoms in total. The van der Waals surface area contributed by atoms with Crippen molar-refractivity contribution in [3.8, 4) is 17.3 Å².